The molecule has 0 fully saturated rings. The summed E-state index contributed by atoms with van der Waals surface area (Å²) < 4.78 is 5.03. The normalized spacial score (nSPS) is 13.1. The second-order valence-corrected chi connectivity index (χ2v) is 16.0. The van der Waals surface area contributed by atoms with Crippen molar-refractivity contribution in [1.29, 1.82) is 0 Å². The Morgan fingerprint density at radius 3 is 1.96 bits per heavy atom. The van der Waals surface area contributed by atoms with Gasteiger partial charge >= 0.3 is 0 Å². The zero-order valence-electron chi connectivity index (χ0n) is 30.1. The van der Waals surface area contributed by atoms with Crippen molar-refractivity contribution in [2.75, 3.05) is 4.90 Å². The highest BCUT2D eigenvalue weighted by Gasteiger charge is 2.36. The van der Waals surface area contributed by atoms with Crippen LogP contribution in [-0.4, -0.2) is 4.57 Å². The smallest absolute Gasteiger partial charge is 0.0562 e. The van der Waals surface area contributed by atoms with Gasteiger partial charge in [0.25, 0.3) is 0 Å². The molecule has 2 nitrogen and oxygen atoms in total. The van der Waals surface area contributed by atoms with Crippen LogP contribution in [0.5, 0.6) is 0 Å². The van der Waals surface area contributed by atoms with Gasteiger partial charge in [0.05, 0.1) is 22.4 Å². The summed E-state index contributed by atoms with van der Waals surface area (Å²) in [6, 6.07) is 67.1. The molecule has 0 aliphatic heterocycles. The highest BCUT2D eigenvalue weighted by atomic mass is 32.1. The van der Waals surface area contributed by atoms with Gasteiger partial charge in [0.2, 0.25) is 0 Å². The Morgan fingerprint density at radius 2 is 1.07 bits per heavy atom. The van der Waals surface area contributed by atoms with Crippen LogP contribution >= 0.6 is 11.3 Å². The summed E-state index contributed by atoms with van der Waals surface area (Å²) >= 11 is 1.87. The SMILES string of the molecule is CC1(C)c2ccccc2-c2cc(N(c3ccccc3-c3cccc4sc5ccccc5c34)c3cccc4c3c3ccccc3n4-c3ccccc3)ccc21. The van der Waals surface area contributed by atoms with Crippen molar-refractivity contribution < 1.29 is 0 Å². The molecule has 8 aromatic carbocycles. The van der Waals surface area contributed by atoms with E-state index >= 15 is 0 Å². The summed E-state index contributed by atoms with van der Waals surface area (Å²) in [7, 11) is 0. The number of hydrogen-bond acceptors (Lipinski definition) is 2. The zero-order chi connectivity index (χ0) is 36.0. The van der Waals surface area contributed by atoms with Gasteiger partial charge in [0.15, 0.2) is 0 Å². The van der Waals surface area contributed by atoms with Gasteiger partial charge in [0.1, 0.15) is 0 Å². The van der Waals surface area contributed by atoms with Crippen LogP contribution in [-0.2, 0) is 5.41 Å². The van der Waals surface area contributed by atoms with E-state index in [0.717, 1.165) is 22.7 Å². The number of thiophene rings is 1. The predicted molar refractivity (Wildman–Crippen MR) is 231 cm³/mol. The van der Waals surface area contributed by atoms with E-state index in [1.54, 1.807) is 0 Å². The molecule has 54 heavy (non-hydrogen) atoms. The number of anilines is 3. The van der Waals surface area contributed by atoms with E-state index in [-0.39, 0.29) is 5.41 Å². The van der Waals surface area contributed by atoms with Crippen LogP contribution in [0.2, 0.25) is 0 Å². The molecule has 0 unspecified atom stereocenters. The molecular formula is C51H36N2S. The standard InChI is InChI=1S/C51H36N2S/c1-51(2)41-23-10-6-18-35(41)40-32-34(30-31-42(40)51)53(43-24-11-7-19-36(43)37-22-14-29-48-49(37)39-21-9-13-28-47(39)54-48)46-27-15-26-45-50(46)38-20-8-12-25-44(38)52(45)33-16-4-3-5-17-33/h3-32H,1-2H3. The van der Waals surface area contributed by atoms with E-state index in [9.17, 15) is 0 Å². The van der Waals surface area contributed by atoms with Crippen molar-refractivity contribution in [3.63, 3.8) is 0 Å². The maximum atomic E-state index is 2.53. The molecule has 1 aliphatic carbocycles. The quantitative estimate of drug-likeness (QED) is 0.173. The van der Waals surface area contributed by atoms with Crippen molar-refractivity contribution in [2.24, 2.45) is 0 Å². The molecule has 2 heterocycles. The first kappa shape index (κ1) is 31.1. The Bertz CT molecular complexity index is 3090. The van der Waals surface area contributed by atoms with Gasteiger partial charge in [-0.2, -0.15) is 0 Å². The summed E-state index contributed by atoms with van der Waals surface area (Å²) in [5.74, 6) is 0. The monoisotopic (exact) mass is 708 g/mol. The number of aromatic nitrogens is 1. The number of para-hydroxylation sites is 3. The molecule has 0 saturated carbocycles. The Kier molecular flexibility index (Phi) is 6.80. The molecule has 10 aromatic rings. The summed E-state index contributed by atoms with van der Waals surface area (Å²) in [6.45, 7) is 4.71. The maximum Gasteiger partial charge on any atom is 0.0562 e. The largest absolute Gasteiger partial charge is 0.309 e. The van der Waals surface area contributed by atoms with Crippen LogP contribution in [0.1, 0.15) is 25.0 Å². The van der Waals surface area contributed by atoms with E-state index in [0.29, 0.717) is 0 Å². The highest BCUT2D eigenvalue weighted by Crippen LogP contribution is 2.53. The van der Waals surface area contributed by atoms with Crippen molar-refractivity contribution in [3.05, 3.63) is 193 Å². The van der Waals surface area contributed by atoms with Crippen LogP contribution in [0.25, 0.3) is 69.9 Å². The Hall–Kier alpha value is -6.42. The summed E-state index contributed by atoms with van der Waals surface area (Å²) in [6.07, 6.45) is 0. The fourth-order valence-corrected chi connectivity index (χ4v) is 10.3. The van der Waals surface area contributed by atoms with Crippen LogP contribution < -0.4 is 4.90 Å². The van der Waals surface area contributed by atoms with Crippen molar-refractivity contribution in [2.45, 2.75) is 19.3 Å². The first-order valence-corrected chi connectivity index (χ1v) is 19.5. The number of fused-ring (bicyclic) bond motifs is 9. The maximum absolute atomic E-state index is 2.53. The van der Waals surface area contributed by atoms with E-state index in [4.69, 9.17) is 0 Å². The zero-order valence-corrected chi connectivity index (χ0v) is 30.9. The first-order valence-electron chi connectivity index (χ1n) is 18.7. The summed E-state index contributed by atoms with van der Waals surface area (Å²) in [5.41, 5.74) is 14.7. The Morgan fingerprint density at radius 1 is 0.444 bits per heavy atom. The topological polar surface area (TPSA) is 8.17 Å². The highest BCUT2D eigenvalue weighted by molar-refractivity contribution is 7.25. The fourth-order valence-electron chi connectivity index (χ4n) is 9.19. The Labute approximate surface area is 318 Å². The first-order chi connectivity index (χ1) is 26.6. The average Bonchev–Trinajstić information content (AvgIpc) is 3.85. The molecule has 0 radical (unpaired) electrons. The van der Waals surface area contributed by atoms with Gasteiger partial charge in [-0.25, -0.2) is 0 Å². The third kappa shape index (κ3) is 4.46. The lowest BCUT2D eigenvalue weighted by Gasteiger charge is -2.30. The molecular weight excluding hydrogens is 673 g/mol. The third-order valence-corrected chi connectivity index (χ3v) is 12.7. The van der Waals surface area contributed by atoms with Crippen LogP contribution in [0.15, 0.2) is 182 Å². The minimum absolute atomic E-state index is 0.0774. The molecule has 0 spiro atoms. The molecule has 11 rings (SSSR count). The summed E-state index contributed by atoms with van der Waals surface area (Å²) in [5, 5.41) is 5.08. The molecule has 0 bridgehead atoms. The second-order valence-electron chi connectivity index (χ2n) is 14.9. The minimum atomic E-state index is -0.0774. The van der Waals surface area contributed by atoms with E-state index in [1.165, 1.54) is 75.4 Å². The lowest BCUT2D eigenvalue weighted by atomic mass is 9.82. The second kappa shape index (κ2) is 11.8. The van der Waals surface area contributed by atoms with Crippen LogP contribution in [0, 0.1) is 0 Å². The Balaban J connectivity index is 1.24. The number of hydrogen-bond donors (Lipinski definition) is 0. The molecule has 0 amide bonds. The van der Waals surface area contributed by atoms with Gasteiger partial charge in [-0.3, -0.25) is 0 Å². The third-order valence-electron chi connectivity index (χ3n) is 11.6. The molecule has 3 heteroatoms. The molecule has 1 aliphatic rings. The molecule has 2 aromatic heterocycles. The van der Waals surface area contributed by atoms with E-state index < -0.39 is 0 Å². The number of nitrogens with zero attached hydrogens (tertiary/aromatic N) is 2. The van der Waals surface area contributed by atoms with Crippen LogP contribution in [0.4, 0.5) is 17.1 Å². The predicted octanol–water partition coefficient (Wildman–Crippen LogP) is 14.6. The van der Waals surface area contributed by atoms with Gasteiger partial charge < -0.3 is 9.47 Å². The van der Waals surface area contributed by atoms with E-state index in [2.05, 4.69) is 205 Å². The van der Waals surface area contributed by atoms with Gasteiger partial charge in [-0.15, -0.1) is 11.3 Å². The van der Waals surface area contributed by atoms with Crippen molar-refractivity contribution in [1.82, 2.24) is 4.57 Å². The molecule has 0 N–H and O–H groups in total. The number of rotatable bonds is 5. The van der Waals surface area contributed by atoms with Gasteiger partial charge in [-0.1, -0.05) is 135 Å². The lowest BCUT2D eigenvalue weighted by Crippen LogP contribution is -2.15. The van der Waals surface area contributed by atoms with Crippen LogP contribution in [0.3, 0.4) is 0 Å². The number of benzene rings is 8. The average molecular weight is 709 g/mol. The lowest BCUT2D eigenvalue weighted by molar-refractivity contribution is 0.660. The van der Waals surface area contributed by atoms with Crippen molar-refractivity contribution >= 4 is 70.4 Å². The molecule has 0 saturated heterocycles. The van der Waals surface area contributed by atoms with Gasteiger partial charge in [0, 0.05) is 53.3 Å². The fraction of sp³-hybridized carbons (Fsp3) is 0.0588. The molecule has 0 atom stereocenters. The summed E-state index contributed by atoms with van der Waals surface area (Å²) in [4.78, 5) is 2.53. The minimum Gasteiger partial charge on any atom is -0.309 e. The molecule has 256 valence electrons. The van der Waals surface area contributed by atoms with Gasteiger partial charge in [-0.05, 0) is 88.5 Å². The van der Waals surface area contributed by atoms with E-state index in [1.807, 2.05) is 11.3 Å². The van der Waals surface area contributed by atoms with Crippen molar-refractivity contribution in [3.8, 4) is 27.9 Å².